The number of oxazole rings is 1. The van der Waals surface area contributed by atoms with Gasteiger partial charge < -0.3 is 15.1 Å². The van der Waals surface area contributed by atoms with E-state index in [2.05, 4.69) is 32.7 Å². The summed E-state index contributed by atoms with van der Waals surface area (Å²) in [6.45, 7) is 2.06. The van der Waals surface area contributed by atoms with Gasteiger partial charge in [-0.05, 0) is 56.3 Å². The zero-order valence-corrected chi connectivity index (χ0v) is 18.1. The Morgan fingerprint density at radius 1 is 0.939 bits per heavy atom. The largest absolute Gasteiger partial charge is 0.436 e. The van der Waals surface area contributed by atoms with E-state index in [4.69, 9.17) is 14.4 Å². The van der Waals surface area contributed by atoms with Gasteiger partial charge >= 0.3 is 0 Å². The van der Waals surface area contributed by atoms with Crippen LogP contribution in [0.1, 0.15) is 18.9 Å². The molecule has 2 aromatic carbocycles. The molecule has 0 aliphatic carbocycles. The van der Waals surface area contributed by atoms with Gasteiger partial charge in [-0.15, -0.1) is 0 Å². The fourth-order valence-corrected chi connectivity index (χ4v) is 4.29. The monoisotopic (exact) mass is 436 g/mol. The number of fused-ring (bicyclic) bond motifs is 1. The molecule has 0 radical (unpaired) electrons. The Hall–Kier alpha value is -3.97. The van der Waals surface area contributed by atoms with Crippen molar-refractivity contribution in [3.8, 4) is 22.6 Å². The van der Waals surface area contributed by atoms with E-state index < -0.39 is 0 Å². The number of para-hydroxylation sites is 3. The minimum atomic E-state index is 0.434. The Labute approximate surface area is 191 Å². The molecule has 1 aliphatic rings. The first-order chi connectivity index (χ1) is 16.3. The van der Waals surface area contributed by atoms with E-state index in [-0.39, 0.29) is 0 Å². The third-order valence-electron chi connectivity index (χ3n) is 6.07. The predicted octanol–water partition coefficient (Wildman–Crippen LogP) is 5.42. The second-order valence-electron chi connectivity index (χ2n) is 8.29. The van der Waals surface area contributed by atoms with Crippen LogP contribution in [0.5, 0.6) is 0 Å². The third kappa shape index (κ3) is 3.99. The molecule has 1 fully saturated rings. The lowest BCUT2D eigenvalue weighted by Crippen LogP contribution is -2.29. The average molecular weight is 437 g/mol. The summed E-state index contributed by atoms with van der Waals surface area (Å²) in [6, 6.07) is 20.3. The molecule has 0 saturated carbocycles. The lowest BCUT2D eigenvalue weighted by molar-refractivity contribution is 0.343. The molecule has 0 atom stereocenters. The summed E-state index contributed by atoms with van der Waals surface area (Å²) in [7, 11) is 0. The summed E-state index contributed by atoms with van der Waals surface area (Å²) < 4.78 is 8.19. The van der Waals surface area contributed by atoms with E-state index >= 15 is 0 Å². The van der Waals surface area contributed by atoms with Crippen LogP contribution in [0.4, 0.5) is 11.5 Å². The van der Waals surface area contributed by atoms with Crippen molar-refractivity contribution in [1.29, 1.82) is 0 Å². The summed E-state index contributed by atoms with van der Waals surface area (Å²) in [5.74, 6) is 1.23. The molecule has 0 bridgehead atoms. The topological polar surface area (TPSA) is 80.8 Å². The first-order valence-corrected chi connectivity index (χ1v) is 11.3. The van der Waals surface area contributed by atoms with Gasteiger partial charge in [0.15, 0.2) is 5.58 Å². The number of nitrogens with zero attached hydrogens (tertiary/aromatic N) is 4. The van der Waals surface area contributed by atoms with Crippen LogP contribution in [-0.4, -0.2) is 32.8 Å². The first kappa shape index (κ1) is 19.7. The number of nitrogens with one attached hydrogen (secondary N) is 2. The van der Waals surface area contributed by atoms with Crippen LogP contribution in [0, 0.1) is 0 Å². The van der Waals surface area contributed by atoms with Crippen molar-refractivity contribution in [1.82, 2.24) is 25.1 Å². The van der Waals surface area contributed by atoms with Gasteiger partial charge in [-0.3, -0.25) is 4.68 Å². The van der Waals surface area contributed by atoms with E-state index in [0.29, 0.717) is 17.8 Å². The van der Waals surface area contributed by atoms with Gasteiger partial charge in [0.1, 0.15) is 11.3 Å². The van der Waals surface area contributed by atoms with Crippen LogP contribution in [-0.2, 0) is 0 Å². The average Bonchev–Trinajstić information content (AvgIpc) is 3.53. The number of benzene rings is 2. The highest BCUT2D eigenvalue weighted by Crippen LogP contribution is 2.34. The molecule has 164 valence electrons. The van der Waals surface area contributed by atoms with Crippen molar-refractivity contribution in [2.75, 3.05) is 18.4 Å². The van der Waals surface area contributed by atoms with Crippen LogP contribution in [0.25, 0.3) is 33.7 Å². The van der Waals surface area contributed by atoms with Crippen LogP contribution in [0.3, 0.4) is 0 Å². The summed E-state index contributed by atoms with van der Waals surface area (Å²) in [5.41, 5.74) is 5.34. The molecule has 0 unspecified atom stereocenters. The van der Waals surface area contributed by atoms with Crippen molar-refractivity contribution in [3.63, 3.8) is 0 Å². The van der Waals surface area contributed by atoms with Crippen LogP contribution >= 0.6 is 0 Å². The predicted molar refractivity (Wildman–Crippen MR) is 129 cm³/mol. The first-order valence-electron chi connectivity index (χ1n) is 11.3. The van der Waals surface area contributed by atoms with E-state index in [9.17, 15) is 0 Å². The lowest BCUT2D eigenvalue weighted by atomic mass is 10.1. The van der Waals surface area contributed by atoms with E-state index in [1.807, 2.05) is 67.0 Å². The smallest absolute Gasteiger partial charge is 0.231 e. The third-order valence-corrected chi connectivity index (χ3v) is 6.07. The minimum absolute atomic E-state index is 0.434. The normalized spacial score (nSPS) is 14.5. The molecular weight excluding hydrogens is 412 g/mol. The van der Waals surface area contributed by atoms with E-state index in [1.165, 1.54) is 0 Å². The molecule has 7 heteroatoms. The standard InChI is InChI=1S/C26H24N6O/c1-2-6-20(7-3-1)30-25-22(26-31-23-8-4-5-9-24(23)33-26)14-18(15-28-25)19-16-29-32(17-19)21-10-12-27-13-11-21/h1-9,14-17,21,27H,10-13H2,(H,28,30). The maximum Gasteiger partial charge on any atom is 0.231 e. The molecule has 2 N–H and O–H groups in total. The Morgan fingerprint density at radius 2 is 1.76 bits per heavy atom. The summed E-state index contributed by atoms with van der Waals surface area (Å²) in [4.78, 5) is 9.48. The number of piperidine rings is 1. The SMILES string of the molecule is c1ccc(Nc2ncc(-c3cnn(C4CCNCC4)c3)cc2-c2nc3ccccc3o2)cc1. The number of rotatable bonds is 5. The van der Waals surface area contributed by atoms with E-state index in [1.54, 1.807) is 0 Å². The van der Waals surface area contributed by atoms with E-state index in [0.717, 1.165) is 59.4 Å². The number of anilines is 2. The van der Waals surface area contributed by atoms with Gasteiger partial charge in [-0.25, -0.2) is 9.97 Å². The Morgan fingerprint density at radius 3 is 2.61 bits per heavy atom. The van der Waals surface area contributed by atoms with Crippen LogP contribution in [0.15, 0.2) is 83.7 Å². The maximum absolute atomic E-state index is 6.10. The Balaban J connectivity index is 1.41. The second-order valence-corrected chi connectivity index (χ2v) is 8.29. The van der Waals surface area contributed by atoms with Crippen molar-refractivity contribution in [2.24, 2.45) is 0 Å². The van der Waals surface area contributed by atoms with Gasteiger partial charge in [0.2, 0.25) is 5.89 Å². The summed E-state index contributed by atoms with van der Waals surface area (Å²) in [5, 5.41) is 11.5. The number of aromatic nitrogens is 4. The van der Waals surface area contributed by atoms with Crippen molar-refractivity contribution < 1.29 is 4.42 Å². The van der Waals surface area contributed by atoms with Crippen LogP contribution < -0.4 is 10.6 Å². The summed E-state index contributed by atoms with van der Waals surface area (Å²) in [6.07, 6.45) is 8.09. The zero-order valence-electron chi connectivity index (χ0n) is 18.1. The fraction of sp³-hybridized carbons (Fsp3) is 0.192. The molecule has 0 amide bonds. The van der Waals surface area contributed by atoms with Crippen molar-refractivity contribution >= 4 is 22.6 Å². The quantitative estimate of drug-likeness (QED) is 0.383. The molecule has 4 heterocycles. The maximum atomic E-state index is 6.10. The second kappa shape index (κ2) is 8.52. The zero-order chi connectivity index (χ0) is 22.0. The molecule has 3 aromatic heterocycles. The minimum Gasteiger partial charge on any atom is -0.436 e. The van der Waals surface area contributed by atoms with Crippen molar-refractivity contribution in [2.45, 2.75) is 18.9 Å². The molecule has 7 nitrogen and oxygen atoms in total. The Bertz CT molecular complexity index is 1350. The number of pyridine rings is 1. The number of hydrogen-bond donors (Lipinski definition) is 2. The fourth-order valence-electron chi connectivity index (χ4n) is 4.29. The lowest BCUT2D eigenvalue weighted by Gasteiger charge is -2.22. The van der Waals surface area contributed by atoms with Gasteiger partial charge in [0, 0.05) is 29.2 Å². The van der Waals surface area contributed by atoms with Gasteiger partial charge in [0.25, 0.3) is 0 Å². The summed E-state index contributed by atoms with van der Waals surface area (Å²) >= 11 is 0. The molecule has 1 saturated heterocycles. The van der Waals surface area contributed by atoms with Gasteiger partial charge in [0.05, 0.1) is 17.8 Å². The molecule has 6 rings (SSSR count). The molecular formula is C26H24N6O. The highest BCUT2D eigenvalue weighted by Gasteiger charge is 2.19. The number of hydrogen-bond acceptors (Lipinski definition) is 6. The van der Waals surface area contributed by atoms with Crippen molar-refractivity contribution in [3.05, 3.63) is 79.3 Å². The molecule has 33 heavy (non-hydrogen) atoms. The molecule has 1 aliphatic heterocycles. The molecule has 5 aromatic rings. The van der Waals surface area contributed by atoms with Gasteiger partial charge in [-0.1, -0.05) is 30.3 Å². The molecule has 0 spiro atoms. The highest BCUT2D eigenvalue weighted by atomic mass is 16.3. The Kier molecular flexibility index (Phi) is 5.08. The van der Waals surface area contributed by atoms with Gasteiger partial charge in [-0.2, -0.15) is 5.10 Å². The highest BCUT2D eigenvalue weighted by molar-refractivity contribution is 5.83. The van der Waals surface area contributed by atoms with Crippen LogP contribution in [0.2, 0.25) is 0 Å².